The van der Waals surface area contributed by atoms with Crippen LogP contribution in [-0.4, -0.2) is 86.6 Å². The van der Waals surface area contributed by atoms with Crippen LogP contribution in [0.1, 0.15) is 79.0 Å². The Labute approximate surface area is 294 Å². The third-order valence-electron chi connectivity index (χ3n) is 10.0. The highest BCUT2D eigenvalue weighted by Gasteiger charge is 2.32. The maximum absolute atomic E-state index is 13.7. The van der Waals surface area contributed by atoms with E-state index in [9.17, 15) is 24.3 Å². The van der Waals surface area contributed by atoms with Crippen LogP contribution in [0.5, 0.6) is 0 Å². The van der Waals surface area contributed by atoms with E-state index in [0.717, 1.165) is 48.8 Å². The average Bonchev–Trinajstić information content (AvgIpc) is 3.59. The Hall–Kier alpha value is -4.55. The number of hydrogen-bond acceptors (Lipinski definition) is 7. The summed E-state index contributed by atoms with van der Waals surface area (Å²) < 4.78 is 1.50. The lowest BCUT2D eigenvalue weighted by Gasteiger charge is -2.36. The molecule has 3 aromatic rings. The summed E-state index contributed by atoms with van der Waals surface area (Å²) in [6.45, 7) is 5.04. The molecule has 12 nitrogen and oxygen atoms in total. The zero-order valence-electron chi connectivity index (χ0n) is 29.3. The van der Waals surface area contributed by atoms with Crippen molar-refractivity contribution < 1.29 is 24.3 Å². The molecule has 2 aliphatic rings. The molecule has 0 bridgehead atoms. The number of nitrogens with zero attached hydrogens (tertiary/aromatic N) is 4. The molecule has 50 heavy (non-hydrogen) atoms. The molecule has 2 fully saturated rings. The topological polar surface area (TPSA) is 149 Å². The van der Waals surface area contributed by atoms with E-state index in [0.29, 0.717) is 63.4 Å². The van der Waals surface area contributed by atoms with Crippen LogP contribution in [-0.2, 0) is 41.0 Å². The van der Waals surface area contributed by atoms with Gasteiger partial charge in [0.25, 0.3) is 5.91 Å². The van der Waals surface area contributed by atoms with E-state index in [-0.39, 0.29) is 36.2 Å². The van der Waals surface area contributed by atoms with Crippen LogP contribution in [0.2, 0.25) is 0 Å². The van der Waals surface area contributed by atoms with Gasteiger partial charge in [0.2, 0.25) is 17.7 Å². The van der Waals surface area contributed by atoms with Crippen LogP contribution in [0.3, 0.4) is 0 Å². The third-order valence-corrected chi connectivity index (χ3v) is 10.0. The maximum atomic E-state index is 13.7. The first-order chi connectivity index (χ1) is 24.2. The summed E-state index contributed by atoms with van der Waals surface area (Å²) in [5.74, 6) is -0.752. The zero-order valence-corrected chi connectivity index (χ0v) is 29.3. The molecular weight excluding hydrogens is 634 g/mol. The van der Waals surface area contributed by atoms with Gasteiger partial charge < -0.3 is 26.0 Å². The molecule has 0 radical (unpaired) electrons. The van der Waals surface area contributed by atoms with Crippen molar-refractivity contribution in [2.75, 3.05) is 31.5 Å². The molecule has 1 aliphatic heterocycles. The Kier molecular flexibility index (Phi) is 13.2. The molecule has 1 saturated carbocycles. The number of rotatable bonds is 14. The minimum absolute atomic E-state index is 0.00129. The predicted octanol–water partition coefficient (Wildman–Crippen LogP) is 3.40. The van der Waals surface area contributed by atoms with Gasteiger partial charge in [0.1, 0.15) is 17.8 Å². The van der Waals surface area contributed by atoms with E-state index >= 15 is 0 Å². The molecule has 0 unspecified atom stereocenters. The summed E-state index contributed by atoms with van der Waals surface area (Å²) >= 11 is 0. The number of benzene rings is 2. The molecule has 2 atom stereocenters. The number of aryl methyl sites for hydroxylation is 2. The van der Waals surface area contributed by atoms with Gasteiger partial charge in [-0.15, -0.1) is 0 Å². The second-order valence-corrected chi connectivity index (χ2v) is 13.4. The number of aliphatic hydroxyl groups is 1. The fraction of sp³-hybridized carbons (Fsp3) is 0.500. The number of hydrogen-bond donors (Lipinski definition) is 4. The van der Waals surface area contributed by atoms with Gasteiger partial charge >= 0.3 is 0 Å². The van der Waals surface area contributed by atoms with Crippen molar-refractivity contribution in [1.29, 1.82) is 0 Å². The molecule has 1 aliphatic carbocycles. The van der Waals surface area contributed by atoms with Crippen molar-refractivity contribution in [3.05, 3.63) is 83.2 Å². The number of carbonyl (C=O) groups excluding carboxylic acids is 4. The van der Waals surface area contributed by atoms with Gasteiger partial charge in [-0.1, -0.05) is 62.6 Å². The zero-order chi connectivity index (χ0) is 35.5. The van der Waals surface area contributed by atoms with Gasteiger partial charge in [-0.2, -0.15) is 5.10 Å². The molecule has 12 heteroatoms. The maximum Gasteiger partial charge on any atom is 0.270 e. The van der Waals surface area contributed by atoms with Crippen molar-refractivity contribution >= 4 is 29.3 Å². The Morgan fingerprint density at radius 1 is 0.900 bits per heavy atom. The van der Waals surface area contributed by atoms with Gasteiger partial charge in [0, 0.05) is 58.1 Å². The van der Waals surface area contributed by atoms with Crippen LogP contribution in [0, 0.1) is 5.92 Å². The lowest BCUT2D eigenvalue weighted by atomic mass is 9.83. The largest absolute Gasteiger partial charge is 0.392 e. The monoisotopic (exact) mass is 685 g/mol. The van der Waals surface area contributed by atoms with Crippen molar-refractivity contribution in [3.63, 3.8) is 0 Å². The van der Waals surface area contributed by atoms with Gasteiger partial charge in [-0.25, -0.2) is 0 Å². The van der Waals surface area contributed by atoms with Gasteiger partial charge in [0.15, 0.2) is 0 Å². The van der Waals surface area contributed by atoms with Crippen molar-refractivity contribution in [2.45, 2.75) is 83.5 Å². The van der Waals surface area contributed by atoms with E-state index in [1.807, 2.05) is 53.4 Å². The summed E-state index contributed by atoms with van der Waals surface area (Å²) in [6.07, 6.45) is 7.83. The lowest BCUT2D eigenvalue weighted by molar-refractivity contribution is -0.138. The number of carbonyl (C=O) groups is 4. The third kappa shape index (κ3) is 9.79. The number of anilines is 1. The quantitative estimate of drug-likeness (QED) is 0.203. The average molecular weight is 686 g/mol. The molecule has 268 valence electrons. The Morgan fingerprint density at radius 2 is 1.60 bits per heavy atom. The minimum atomic E-state index is -0.662. The normalized spacial score (nSPS) is 16.7. The van der Waals surface area contributed by atoms with Gasteiger partial charge in [-0.3, -0.25) is 28.8 Å². The van der Waals surface area contributed by atoms with Crippen LogP contribution in [0.4, 0.5) is 5.69 Å². The Balaban J connectivity index is 1.16. The molecular formula is C38H51N7O5. The molecule has 4 amide bonds. The van der Waals surface area contributed by atoms with E-state index in [4.69, 9.17) is 0 Å². The standard InChI is InChI=1S/C38H51N7O5/c1-3-34(47)41-32(38(50)45-23-21-44(22-24-45)25-29-11-7-8-12-30(29)26-46)18-15-27-13-16-31(17-14-27)40-37(49)35(28-9-5-4-6-10-28)42-36(48)33-19-20-39-43(33)2/h7-8,11-14,16-17,19-20,28,32,35,46H,3-6,9-10,15,18,21-26H2,1-2H3,(H,40,49)(H,41,47)(H,42,48)/t32-,35+/m1/s1. The molecule has 2 heterocycles. The lowest BCUT2D eigenvalue weighted by Crippen LogP contribution is -2.54. The highest BCUT2D eigenvalue weighted by Crippen LogP contribution is 2.28. The fourth-order valence-electron chi connectivity index (χ4n) is 6.97. The number of aromatic nitrogens is 2. The smallest absolute Gasteiger partial charge is 0.270 e. The van der Waals surface area contributed by atoms with Crippen LogP contribution in [0.15, 0.2) is 60.8 Å². The molecule has 4 N–H and O–H groups in total. The fourth-order valence-corrected chi connectivity index (χ4v) is 6.97. The van der Waals surface area contributed by atoms with Crippen LogP contribution < -0.4 is 16.0 Å². The summed E-state index contributed by atoms with van der Waals surface area (Å²) in [5.41, 5.74) is 4.01. The molecule has 1 aromatic heterocycles. The number of piperazine rings is 1. The SMILES string of the molecule is CCC(=O)N[C@H](CCc1ccc(NC(=O)[C@@H](NC(=O)c2ccnn2C)C2CCCCC2)cc1)C(=O)N1CCN(Cc2ccccc2CO)CC1. The second kappa shape index (κ2) is 17.9. The molecule has 2 aromatic carbocycles. The molecule has 1 saturated heterocycles. The van der Waals surface area contributed by atoms with Crippen molar-refractivity contribution in [2.24, 2.45) is 13.0 Å². The summed E-state index contributed by atoms with van der Waals surface area (Å²) in [5, 5.41) is 22.7. The van der Waals surface area contributed by atoms with E-state index in [1.54, 1.807) is 26.2 Å². The Bertz CT molecular complexity index is 1590. The van der Waals surface area contributed by atoms with E-state index < -0.39 is 12.1 Å². The van der Waals surface area contributed by atoms with E-state index in [2.05, 4.69) is 25.9 Å². The minimum Gasteiger partial charge on any atom is -0.392 e. The first-order valence-corrected chi connectivity index (χ1v) is 17.9. The molecule has 0 spiro atoms. The van der Waals surface area contributed by atoms with Gasteiger partial charge in [-0.05, 0) is 66.5 Å². The predicted molar refractivity (Wildman–Crippen MR) is 191 cm³/mol. The first kappa shape index (κ1) is 36.7. The second-order valence-electron chi connectivity index (χ2n) is 13.4. The number of amides is 4. The highest BCUT2D eigenvalue weighted by molar-refractivity contribution is 6.00. The Morgan fingerprint density at radius 3 is 2.24 bits per heavy atom. The van der Waals surface area contributed by atoms with Crippen molar-refractivity contribution in [1.82, 2.24) is 30.2 Å². The number of aliphatic hydroxyl groups excluding tert-OH is 1. The van der Waals surface area contributed by atoms with Crippen LogP contribution in [0.25, 0.3) is 0 Å². The van der Waals surface area contributed by atoms with Gasteiger partial charge in [0.05, 0.1) is 6.61 Å². The summed E-state index contributed by atoms with van der Waals surface area (Å²) in [6, 6.07) is 15.7. The summed E-state index contributed by atoms with van der Waals surface area (Å²) in [7, 11) is 1.70. The van der Waals surface area contributed by atoms with Crippen LogP contribution >= 0.6 is 0 Å². The summed E-state index contributed by atoms with van der Waals surface area (Å²) in [4.78, 5) is 56.8. The highest BCUT2D eigenvalue weighted by atomic mass is 16.3. The van der Waals surface area contributed by atoms with E-state index in [1.165, 1.54) is 4.68 Å². The number of nitrogens with one attached hydrogen (secondary N) is 3. The van der Waals surface area contributed by atoms with Crippen molar-refractivity contribution in [3.8, 4) is 0 Å². The molecule has 5 rings (SSSR count). The first-order valence-electron chi connectivity index (χ1n) is 17.9.